The zero-order chi connectivity index (χ0) is 13.1. The van der Waals surface area contributed by atoms with Gasteiger partial charge in [-0.05, 0) is 44.6 Å². The summed E-state index contributed by atoms with van der Waals surface area (Å²) >= 11 is 0. The van der Waals surface area contributed by atoms with Crippen LogP contribution in [-0.2, 0) is 4.79 Å². The summed E-state index contributed by atoms with van der Waals surface area (Å²) in [5, 5.41) is 6.57. The van der Waals surface area contributed by atoms with Crippen molar-refractivity contribution >= 4 is 5.91 Å². The minimum absolute atomic E-state index is 0.191. The van der Waals surface area contributed by atoms with Gasteiger partial charge in [-0.3, -0.25) is 4.79 Å². The maximum Gasteiger partial charge on any atom is 0.227 e. The van der Waals surface area contributed by atoms with Crippen molar-refractivity contribution in [2.45, 2.75) is 58.8 Å². The molecule has 3 heteroatoms. The number of nitrogens with one attached hydrogen (secondary N) is 2. The quantitative estimate of drug-likeness (QED) is 0.810. The van der Waals surface area contributed by atoms with Crippen molar-refractivity contribution in [1.82, 2.24) is 10.6 Å². The molecule has 0 spiro atoms. The van der Waals surface area contributed by atoms with Crippen molar-refractivity contribution in [3.63, 3.8) is 0 Å². The molecule has 1 atom stereocenters. The Kier molecular flexibility index (Phi) is 4.31. The number of carbonyl (C=O) groups is 1. The van der Waals surface area contributed by atoms with E-state index in [9.17, 15) is 4.79 Å². The molecular formula is C15H28N2O. The molecular weight excluding hydrogens is 224 g/mol. The predicted octanol–water partition coefficient (Wildman–Crippen LogP) is 2.46. The lowest BCUT2D eigenvalue weighted by Gasteiger charge is -2.37. The van der Waals surface area contributed by atoms with Crippen molar-refractivity contribution in [3.05, 3.63) is 0 Å². The summed E-state index contributed by atoms with van der Waals surface area (Å²) in [4.78, 5) is 12.4. The van der Waals surface area contributed by atoms with Gasteiger partial charge in [-0.15, -0.1) is 0 Å². The number of piperidine rings is 1. The molecule has 1 saturated carbocycles. The Bertz CT molecular complexity index is 289. The van der Waals surface area contributed by atoms with Gasteiger partial charge in [0.25, 0.3) is 0 Å². The highest BCUT2D eigenvalue weighted by atomic mass is 16.2. The molecule has 0 bridgehead atoms. The van der Waals surface area contributed by atoms with Crippen LogP contribution in [0.4, 0.5) is 0 Å². The fourth-order valence-electron chi connectivity index (χ4n) is 3.34. The summed E-state index contributed by atoms with van der Waals surface area (Å²) in [5.74, 6) is 0.251. The fraction of sp³-hybridized carbons (Fsp3) is 0.933. The van der Waals surface area contributed by atoms with Crippen molar-refractivity contribution in [2.24, 2.45) is 10.8 Å². The lowest BCUT2D eigenvalue weighted by Crippen LogP contribution is -2.50. The SMILES string of the molecule is CC1(CNC(=O)C2(C)CCCNC2)CCCCC1. The molecule has 0 aromatic carbocycles. The molecule has 2 fully saturated rings. The summed E-state index contributed by atoms with van der Waals surface area (Å²) in [6, 6.07) is 0. The Morgan fingerprint density at radius 1 is 1.11 bits per heavy atom. The third-order valence-electron chi connectivity index (χ3n) is 4.88. The number of hydrogen-bond donors (Lipinski definition) is 2. The highest BCUT2D eigenvalue weighted by Crippen LogP contribution is 2.35. The van der Waals surface area contributed by atoms with Gasteiger partial charge in [0.15, 0.2) is 0 Å². The van der Waals surface area contributed by atoms with Crippen LogP contribution in [-0.4, -0.2) is 25.5 Å². The van der Waals surface area contributed by atoms with Gasteiger partial charge >= 0.3 is 0 Å². The molecule has 2 N–H and O–H groups in total. The van der Waals surface area contributed by atoms with Gasteiger partial charge in [-0.25, -0.2) is 0 Å². The first kappa shape index (κ1) is 13.9. The third-order valence-corrected chi connectivity index (χ3v) is 4.88. The van der Waals surface area contributed by atoms with Gasteiger partial charge in [0.05, 0.1) is 5.41 Å². The summed E-state index contributed by atoms with van der Waals surface area (Å²) in [7, 11) is 0. The molecule has 1 amide bonds. The first-order valence-electron chi connectivity index (χ1n) is 7.53. The highest BCUT2D eigenvalue weighted by molar-refractivity contribution is 5.82. The standard InChI is InChI=1S/C15H28N2O/c1-14(7-4-3-5-8-14)11-17-13(18)15(2)9-6-10-16-12-15/h16H,3-12H2,1-2H3,(H,17,18). The number of carbonyl (C=O) groups excluding carboxylic acids is 1. The van der Waals surface area contributed by atoms with Crippen molar-refractivity contribution in [2.75, 3.05) is 19.6 Å². The van der Waals surface area contributed by atoms with Crippen LogP contribution in [0.15, 0.2) is 0 Å². The van der Waals surface area contributed by atoms with Crippen molar-refractivity contribution < 1.29 is 4.79 Å². The van der Waals surface area contributed by atoms with E-state index < -0.39 is 0 Å². The molecule has 0 aromatic heterocycles. The monoisotopic (exact) mass is 252 g/mol. The van der Waals surface area contributed by atoms with E-state index in [-0.39, 0.29) is 11.3 Å². The van der Waals surface area contributed by atoms with Crippen LogP contribution in [0.3, 0.4) is 0 Å². The van der Waals surface area contributed by atoms with Crippen molar-refractivity contribution in [1.29, 1.82) is 0 Å². The number of amides is 1. The van der Waals surface area contributed by atoms with Crippen LogP contribution in [0.2, 0.25) is 0 Å². The van der Waals surface area contributed by atoms with Crippen LogP contribution >= 0.6 is 0 Å². The molecule has 1 heterocycles. The lowest BCUT2D eigenvalue weighted by atomic mass is 9.75. The number of hydrogen-bond acceptors (Lipinski definition) is 2. The third kappa shape index (κ3) is 3.25. The molecule has 3 nitrogen and oxygen atoms in total. The van der Waals surface area contributed by atoms with Gasteiger partial charge < -0.3 is 10.6 Å². The van der Waals surface area contributed by atoms with Gasteiger partial charge in [0.1, 0.15) is 0 Å². The van der Waals surface area contributed by atoms with E-state index >= 15 is 0 Å². The maximum absolute atomic E-state index is 12.4. The summed E-state index contributed by atoms with van der Waals surface area (Å²) in [6.07, 6.45) is 8.68. The molecule has 0 aromatic rings. The minimum atomic E-state index is -0.191. The molecule has 2 aliphatic rings. The lowest BCUT2D eigenvalue weighted by molar-refractivity contribution is -0.131. The fourth-order valence-corrected chi connectivity index (χ4v) is 3.34. The molecule has 1 aliphatic heterocycles. The van der Waals surface area contributed by atoms with Gasteiger partial charge in [-0.2, -0.15) is 0 Å². The highest BCUT2D eigenvalue weighted by Gasteiger charge is 2.36. The minimum Gasteiger partial charge on any atom is -0.355 e. The van der Waals surface area contributed by atoms with Gasteiger partial charge in [-0.1, -0.05) is 26.2 Å². The van der Waals surface area contributed by atoms with Gasteiger partial charge in [0.2, 0.25) is 5.91 Å². The van der Waals surface area contributed by atoms with E-state index in [2.05, 4.69) is 24.5 Å². The van der Waals surface area contributed by atoms with Crippen LogP contribution in [0.5, 0.6) is 0 Å². The van der Waals surface area contributed by atoms with Crippen LogP contribution in [0, 0.1) is 10.8 Å². The van der Waals surface area contributed by atoms with Crippen LogP contribution in [0.25, 0.3) is 0 Å². The van der Waals surface area contributed by atoms with E-state index in [1.54, 1.807) is 0 Å². The summed E-state index contributed by atoms with van der Waals surface area (Å²) in [5.41, 5.74) is 0.148. The Hall–Kier alpha value is -0.570. The molecule has 104 valence electrons. The molecule has 1 unspecified atom stereocenters. The Morgan fingerprint density at radius 3 is 2.44 bits per heavy atom. The zero-order valence-corrected chi connectivity index (χ0v) is 12.0. The van der Waals surface area contributed by atoms with Crippen LogP contribution < -0.4 is 10.6 Å². The second-order valence-corrected chi connectivity index (χ2v) is 6.89. The van der Waals surface area contributed by atoms with E-state index in [1.807, 2.05) is 0 Å². The van der Waals surface area contributed by atoms with E-state index in [1.165, 1.54) is 32.1 Å². The second kappa shape index (κ2) is 5.60. The summed E-state index contributed by atoms with van der Waals surface area (Å²) in [6.45, 7) is 7.17. The second-order valence-electron chi connectivity index (χ2n) is 6.89. The van der Waals surface area contributed by atoms with E-state index in [0.717, 1.165) is 32.5 Å². The smallest absolute Gasteiger partial charge is 0.227 e. The molecule has 1 aliphatic carbocycles. The first-order valence-corrected chi connectivity index (χ1v) is 7.53. The van der Waals surface area contributed by atoms with E-state index in [0.29, 0.717) is 5.41 Å². The maximum atomic E-state index is 12.4. The Labute approximate surface area is 111 Å². The zero-order valence-electron chi connectivity index (χ0n) is 12.0. The summed E-state index contributed by atoms with van der Waals surface area (Å²) < 4.78 is 0. The first-order chi connectivity index (χ1) is 8.54. The average molecular weight is 252 g/mol. The molecule has 1 saturated heterocycles. The predicted molar refractivity (Wildman–Crippen MR) is 74.4 cm³/mol. The van der Waals surface area contributed by atoms with E-state index in [4.69, 9.17) is 0 Å². The Balaban J connectivity index is 1.83. The number of rotatable bonds is 3. The van der Waals surface area contributed by atoms with Gasteiger partial charge in [0, 0.05) is 13.1 Å². The molecule has 18 heavy (non-hydrogen) atoms. The molecule has 2 rings (SSSR count). The Morgan fingerprint density at radius 2 is 1.83 bits per heavy atom. The van der Waals surface area contributed by atoms with Crippen molar-refractivity contribution in [3.8, 4) is 0 Å². The largest absolute Gasteiger partial charge is 0.355 e. The topological polar surface area (TPSA) is 41.1 Å². The normalized spacial score (nSPS) is 31.9. The average Bonchev–Trinajstić information content (AvgIpc) is 2.38. The molecule has 0 radical (unpaired) electrons. The van der Waals surface area contributed by atoms with Crippen LogP contribution in [0.1, 0.15) is 58.8 Å².